The zero-order valence-corrected chi connectivity index (χ0v) is 20.7. The Morgan fingerprint density at radius 3 is 2.56 bits per heavy atom. The molecule has 0 radical (unpaired) electrons. The molecule has 2 unspecified atom stereocenters. The van der Waals surface area contributed by atoms with E-state index in [0.29, 0.717) is 25.1 Å². The minimum absolute atomic E-state index is 0.242. The lowest BCUT2D eigenvalue weighted by molar-refractivity contribution is -0.144. The maximum absolute atomic E-state index is 13.5. The Balaban J connectivity index is 2.08. The van der Waals surface area contributed by atoms with Crippen LogP contribution in [0.25, 0.3) is 0 Å². The molecule has 1 aromatic carbocycles. The minimum atomic E-state index is -0.755. The molecule has 0 aliphatic carbocycles. The van der Waals surface area contributed by atoms with Crippen molar-refractivity contribution in [2.24, 2.45) is 5.41 Å². The molecule has 1 aliphatic rings. The summed E-state index contributed by atoms with van der Waals surface area (Å²) in [7, 11) is 1.68. The highest BCUT2D eigenvalue weighted by Crippen LogP contribution is 2.26. The van der Waals surface area contributed by atoms with Crippen LogP contribution in [0.2, 0.25) is 0 Å². The third kappa shape index (κ3) is 7.15. The summed E-state index contributed by atoms with van der Waals surface area (Å²) in [5.41, 5.74) is 0.890. The van der Waals surface area contributed by atoms with Crippen LogP contribution in [0.1, 0.15) is 46.1 Å². The predicted molar refractivity (Wildman–Crippen MR) is 132 cm³/mol. The van der Waals surface area contributed by atoms with Crippen molar-refractivity contribution in [1.29, 1.82) is 0 Å². The van der Waals surface area contributed by atoms with Gasteiger partial charge in [-0.25, -0.2) is 0 Å². The Bertz CT molecular complexity index is 924. The number of likely N-dealkylation sites (N-methyl/N-ethyl adjacent to an activating group) is 1. The predicted octanol–water partition coefficient (Wildman–Crippen LogP) is 1.56. The van der Waals surface area contributed by atoms with Crippen LogP contribution in [0.3, 0.4) is 0 Å². The molecule has 1 aromatic rings. The van der Waals surface area contributed by atoms with Crippen molar-refractivity contribution in [3.05, 3.63) is 42.5 Å². The molecule has 4 amide bonds. The molecule has 0 spiro atoms. The summed E-state index contributed by atoms with van der Waals surface area (Å²) in [5.74, 6) is -1.07. The van der Waals surface area contributed by atoms with E-state index >= 15 is 0 Å². The lowest BCUT2D eigenvalue weighted by Gasteiger charge is -2.36. The number of hydrogen-bond acceptors (Lipinski definition) is 5. The van der Waals surface area contributed by atoms with Crippen LogP contribution in [0, 0.1) is 5.41 Å². The molecule has 34 heavy (non-hydrogen) atoms. The summed E-state index contributed by atoms with van der Waals surface area (Å²) >= 11 is 0. The number of amides is 4. The molecule has 1 aliphatic heterocycles. The second kappa shape index (κ2) is 11.8. The van der Waals surface area contributed by atoms with Gasteiger partial charge in [0.2, 0.25) is 23.6 Å². The van der Waals surface area contributed by atoms with Crippen molar-refractivity contribution < 1.29 is 19.2 Å². The smallest absolute Gasteiger partial charge is 0.247 e. The van der Waals surface area contributed by atoms with Crippen molar-refractivity contribution in [1.82, 2.24) is 20.9 Å². The van der Waals surface area contributed by atoms with E-state index in [1.807, 2.05) is 26.8 Å². The summed E-state index contributed by atoms with van der Waals surface area (Å²) < 4.78 is 0. The van der Waals surface area contributed by atoms with Gasteiger partial charge in [0.05, 0.1) is 6.04 Å². The van der Waals surface area contributed by atoms with E-state index in [9.17, 15) is 19.2 Å². The number of benzene rings is 1. The Kier molecular flexibility index (Phi) is 9.37. The Morgan fingerprint density at radius 1 is 1.24 bits per heavy atom. The van der Waals surface area contributed by atoms with Crippen molar-refractivity contribution >= 4 is 29.3 Å². The fourth-order valence-corrected chi connectivity index (χ4v) is 3.78. The molecule has 9 heteroatoms. The van der Waals surface area contributed by atoms with Crippen LogP contribution in [-0.4, -0.2) is 60.2 Å². The van der Waals surface area contributed by atoms with Crippen LogP contribution in [0.4, 0.5) is 5.69 Å². The van der Waals surface area contributed by atoms with E-state index in [2.05, 4.69) is 27.8 Å². The molecule has 9 nitrogen and oxygen atoms in total. The Morgan fingerprint density at radius 2 is 1.94 bits per heavy atom. The van der Waals surface area contributed by atoms with Gasteiger partial charge in [-0.05, 0) is 56.0 Å². The highest BCUT2D eigenvalue weighted by atomic mass is 16.2. The molecule has 1 fully saturated rings. The summed E-state index contributed by atoms with van der Waals surface area (Å²) in [6, 6.07) is 5.35. The third-order valence-electron chi connectivity index (χ3n) is 5.91. The molecule has 0 bridgehead atoms. The normalized spacial score (nSPS) is 17.4. The lowest BCUT2D eigenvalue weighted by Crippen LogP contribution is -2.59. The topological polar surface area (TPSA) is 120 Å². The van der Waals surface area contributed by atoms with Crippen LogP contribution in [-0.2, 0) is 25.7 Å². The van der Waals surface area contributed by atoms with E-state index in [0.717, 1.165) is 5.56 Å². The zero-order chi connectivity index (χ0) is 25.5. The highest BCUT2D eigenvalue weighted by molar-refractivity contribution is 5.99. The molecule has 1 heterocycles. The van der Waals surface area contributed by atoms with Crippen molar-refractivity contribution in [2.75, 3.05) is 18.9 Å². The van der Waals surface area contributed by atoms with Gasteiger partial charge in [-0.3, -0.25) is 19.2 Å². The summed E-state index contributed by atoms with van der Waals surface area (Å²) in [5, 5.41) is 11.3. The van der Waals surface area contributed by atoms with Gasteiger partial charge in [-0.1, -0.05) is 39.5 Å². The number of nitrogens with zero attached hydrogens (tertiary/aromatic N) is 1. The van der Waals surface area contributed by atoms with Crippen LogP contribution in [0.5, 0.6) is 0 Å². The third-order valence-corrected chi connectivity index (χ3v) is 5.91. The van der Waals surface area contributed by atoms with E-state index in [4.69, 9.17) is 0 Å². The monoisotopic (exact) mass is 471 g/mol. The largest absolute Gasteiger partial charge is 0.350 e. The number of rotatable bonds is 9. The average molecular weight is 472 g/mol. The summed E-state index contributed by atoms with van der Waals surface area (Å²) in [6.07, 6.45) is 2.46. The quantitative estimate of drug-likeness (QED) is 0.408. The fraction of sp³-hybridized carbons (Fsp3) is 0.520. The second-order valence-electron chi connectivity index (χ2n) is 9.62. The van der Waals surface area contributed by atoms with Gasteiger partial charge < -0.3 is 26.2 Å². The van der Waals surface area contributed by atoms with E-state index in [1.54, 1.807) is 37.1 Å². The van der Waals surface area contributed by atoms with E-state index < -0.39 is 23.5 Å². The number of carbonyl (C=O) groups excluding carboxylic acids is 4. The van der Waals surface area contributed by atoms with Crippen molar-refractivity contribution in [3.63, 3.8) is 0 Å². The van der Waals surface area contributed by atoms with Gasteiger partial charge in [0.25, 0.3) is 0 Å². The molecule has 186 valence electrons. The number of nitrogens with one attached hydrogen (secondary N) is 4. The number of likely N-dealkylation sites (tertiary alicyclic amines) is 1. The molecule has 0 aromatic heterocycles. The first-order chi connectivity index (χ1) is 16.0. The van der Waals surface area contributed by atoms with Crippen LogP contribution >= 0.6 is 0 Å². The Labute approximate surface area is 201 Å². The van der Waals surface area contributed by atoms with Gasteiger partial charge in [0.1, 0.15) is 12.1 Å². The summed E-state index contributed by atoms with van der Waals surface area (Å²) in [4.78, 5) is 52.0. The number of carbonyl (C=O) groups is 4. The van der Waals surface area contributed by atoms with Gasteiger partial charge in [-0.2, -0.15) is 0 Å². The molecule has 2 rings (SSSR count). The standard InChI is InChI=1S/C25H37N5O4/c1-7-20(31)28-18-11-8-10-17(14-18)15-27-23(33)19-12-9-13-30(19)24(34)21(25(3,4)5)29-22(32)16(2)26-6/h7-8,10-11,14,16,19,21,26H,1,9,12-13,15H2,2-6H3,(H,27,33)(H,28,31)(H,29,32)/t16?,19-,21?/m0/s1. The van der Waals surface area contributed by atoms with Gasteiger partial charge in [0, 0.05) is 18.8 Å². The van der Waals surface area contributed by atoms with E-state index in [1.165, 1.54) is 6.08 Å². The average Bonchev–Trinajstić information content (AvgIpc) is 3.29. The first-order valence-corrected chi connectivity index (χ1v) is 11.6. The maximum atomic E-state index is 13.5. The first-order valence-electron chi connectivity index (χ1n) is 11.6. The van der Waals surface area contributed by atoms with Gasteiger partial charge in [-0.15, -0.1) is 0 Å². The number of anilines is 1. The van der Waals surface area contributed by atoms with Crippen LogP contribution in [0.15, 0.2) is 36.9 Å². The van der Waals surface area contributed by atoms with Crippen molar-refractivity contribution in [3.8, 4) is 0 Å². The van der Waals surface area contributed by atoms with E-state index in [-0.39, 0.29) is 30.2 Å². The molecule has 3 atom stereocenters. The summed E-state index contributed by atoms with van der Waals surface area (Å²) in [6.45, 7) is 11.6. The maximum Gasteiger partial charge on any atom is 0.247 e. The van der Waals surface area contributed by atoms with Crippen molar-refractivity contribution in [2.45, 2.75) is 65.2 Å². The Hall–Kier alpha value is -3.20. The van der Waals surface area contributed by atoms with Gasteiger partial charge >= 0.3 is 0 Å². The number of hydrogen-bond donors (Lipinski definition) is 4. The van der Waals surface area contributed by atoms with Gasteiger partial charge in [0.15, 0.2) is 0 Å². The SMILES string of the molecule is C=CC(=O)Nc1cccc(CNC(=O)[C@@H]2CCCN2C(=O)C(NC(=O)C(C)NC)C(C)(C)C)c1. The lowest BCUT2D eigenvalue weighted by atomic mass is 9.85. The molecular formula is C25H37N5O4. The molecule has 4 N–H and O–H groups in total. The minimum Gasteiger partial charge on any atom is -0.350 e. The second-order valence-corrected chi connectivity index (χ2v) is 9.62. The molecule has 1 saturated heterocycles. The first kappa shape index (κ1) is 27.0. The molecular weight excluding hydrogens is 434 g/mol. The van der Waals surface area contributed by atoms with Crippen LogP contribution < -0.4 is 21.3 Å². The molecule has 0 saturated carbocycles. The highest BCUT2D eigenvalue weighted by Gasteiger charge is 2.42. The fourth-order valence-electron chi connectivity index (χ4n) is 3.78. The zero-order valence-electron chi connectivity index (χ0n) is 20.7.